The Morgan fingerprint density at radius 3 is 2.00 bits per heavy atom. The van der Waals surface area contributed by atoms with Crippen LogP contribution in [0, 0.1) is 11.8 Å². The second-order valence-corrected chi connectivity index (χ2v) is 12.0. The van der Waals surface area contributed by atoms with Crippen molar-refractivity contribution in [3.63, 3.8) is 0 Å². The van der Waals surface area contributed by atoms with E-state index in [1.54, 1.807) is 0 Å². The minimum Gasteiger partial charge on any atom is -0.393 e. The third-order valence-corrected chi connectivity index (χ3v) is 8.79. The van der Waals surface area contributed by atoms with E-state index in [1.165, 1.54) is 25.7 Å². The molecule has 88 valence electrons. The van der Waals surface area contributed by atoms with Crippen molar-refractivity contribution in [3.8, 4) is 0 Å². The van der Waals surface area contributed by atoms with E-state index in [0.29, 0.717) is 5.04 Å². The van der Waals surface area contributed by atoms with Crippen LogP contribution in [-0.2, 0) is 0 Å². The van der Waals surface area contributed by atoms with Gasteiger partial charge in [0.1, 0.15) is 0 Å². The molecule has 1 N–H and O–H groups in total. The molecule has 1 nitrogen and oxygen atoms in total. The fourth-order valence-corrected chi connectivity index (χ4v) is 8.65. The van der Waals surface area contributed by atoms with E-state index in [0.717, 1.165) is 18.3 Å². The third-order valence-electron chi connectivity index (χ3n) is 5.12. The van der Waals surface area contributed by atoms with Gasteiger partial charge in [0.05, 0.1) is 14.2 Å². The largest absolute Gasteiger partial charge is 0.393 e. The number of fused-ring (bicyclic) bond motifs is 1. The number of hydrogen-bond donors (Lipinski definition) is 1. The predicted octanol–water partition coefficient (Wildman–Crippen LogP) is 3.66. The fourth-order valence-electron chi connectivity index (χ4n) is 4.62. The summed E-state index contributed by atoms with van der Waals surface area (Å²) in [5.74, 6) is 1.76. The molecule has 0 aromatic carbocycles. The van der Waals surface area contributed by atoms with Crippen LogP contribution in [-0.4, -0.2) is 19.3 Å². The van der Waals surface area contributed by atoms with Gasteiger partial charge >= 0.3 is 0 Å². The predicted molar refractivity (Wildman–Crippen MR) is 67.8 cm³/mol. The van der Waals surface area contributed by atoms with Gasteiger partial charge in [0, 0.05) is 0 Å². The van der Waals surface area contributed by atoms with E-state index in [2.05, 4.69) is 26.6 Å². The average Bonchev–Trinajstić information content (AvgIpc) is 2.86. The van der Waals surface area contributed by atoms with Crippen molar-refractivity contribution in [3.05, 3.63) is 0 Å². The lowest BCUT2D eigenvalue weighted by Crippen LogP contribution is -2.40. The highest BCUT2D eigenvalue weighted by molar-refractivity contribution is 6.80. The molecule has 2 rings (SSSR count). The van der Waals surface area contributed by atoms with Crippen molar-refractivity contribution >= 4 is 8.07 Å². The number of rotatable bonds is 3. The smallest absolute Gasteiger partial charge is 0.0575 e. The SMILES string of the molecule is CCC(O)C1([Si](C)(C)C)[C@@H]2CCCC[C@@H]21. The first-order valence-corrected chi connectivity index (χ1v) is 10.1. The molecular weight excluding hydrogens is 200 g/mol. The van der Waals surface area contributed by atoms with Crippen LogP contribution in [0.15, 0.2) is 0 Å². The van der Waals surface area contributed by atoms with E-state index < -0.39 is 8.07 Å². The Balaban J connectivity index is 2.27. The number of aliphatic hydroxyl groups is 1. The molecule has 0 saturated heterocycles. The molecule has 4 atom stereocenters. The highest BCUT2D eigenvalue weighted by atomic mass is 28.3. The minimum atomic E-state index is -1.24. The van der Waals surface area contributed by atoms with Gasteiger partial charge in [-0.15, -0.1) is 0 Å². The van der Waals surface area contributed by atoms with Crippen molar-refractivity contribution in [1.82, 2.24) is 0 Å². The van der Waals surface area contributed by atoms with E-state index in [9.17, 15) is 5.11 Å². The van der Waals surface area contributed by atoms with Crippen molar-refractivity contribution in [2.45, 2.75) is 69.8 Å². The van der Waals surface area contributed by atoms with Gasteiger partial charge in [-0.1, -0.05) is 39.4 Å². The normalized spacial score (nSPS) is 42.2. The van der Waals surface area contributed by atoms with Crippen LogP contribution >= 0.6 is 0 Å². The lowest BCUT2D eigenvalue weighted by Gasteiger charge is -2.35. The molecule has 0 aromatic rings. The summed E-state index contributed by atoms with van der Waals surface area (Å²) in [6.45, 7) is 9.54. The quantitative estimate of drug-likeness (QED) is 0.728. The number of aliphatic hydroxyl groups excluding tert-OH is 1. The summed E-state index contributed by atoms with van der Waals surface area (Å²) in [7, 11) is -1.24. The second kappa shape index (κ2) is 3.59. The summed E-state index contributed by atoms with van der Waals surface area (Å²) in [5, 5.41) is 10.8. The molecule has 2 unspecified atom stereocenters. The molecule has 0 aromatic heterocycles. The molecule has 2 saturated carbocycles. The third kappa shape index (κ3) is 1.44. The van der Waals surface area contributed by atoms with Crippen LogP contribution in [0.25, 0.3) is 0 Å². The molecule has 0 spiro atoms. The Kier molecular flexibility index (Phi) is 2.79. The van der Waals surface area contributed by atoms with Gasteiger partial charge in [0.2, 0.25) is 0 Å². The second-order valence-electron chi connectivity index (χ2n) is 6.60. The van der Waals surface area contributed by atoms with Crippen LogP contribution in [0.2, 0.25) is 24.7 Å². The highest BCUT2D eigenvalue weighted by Gasteiger charge is 2.72. The Morgan fingerprint density at radius 1 is 1.20 bits per heavy atom. The lowest BCUT2D eigenvalue weighted by atomic mass is 10.0. The maximum atomic E-state index is 10.4. The molecule has 0 radical (unpaired) electrons. The fraction of sp³-hybridized carbons (Fsp3) is 1.00. The Bertz CT molecular complexity index is 231. The van der Waals surface area contributed by atoms with Crippen molar-refractivity contribution in [2.24, 2.45) is 11.8 Å². The summed E-state index contributed by atoms with van der Waals surface area (Å²) >= 11 is 0. The number of hydrogen-bond acceptors (Lipinski definition) is 1. The van der Waals surface area contributed by atoms with Gasteiger partial charge in [0.25, 0.3) is 0 Å². The zero-order valence-electron chi connectivity index (χ0n) is 10.7. The molecule has 2 heteroatoms. The van der Waals surface area contributed by atoms with Gasteiger partial charge in [-0.3, -0.25) is 0 Å². The molecule has 15 heavy (non-hydrogen) atoms. The standard InChI is InChI=1S/C13H26OSi/c1-5-12(14)13(15(2,3)4)10-8-6-7-9-11(10)13/h10-12,14H,5-9H2,1-4H3/t10-,11+,12?,13?. The maximum Gasteiger partial charge on any atom is 0.0575 e. The molecule has 2 fully saturated rings. The molecule has 0 bridgehead atoms. The molecule has 0 heterocycles. The average molecular weight is 226 g/mol. The highest BCUT2D eigenvalue weighted by Crippen LogP contribution is 2.77. The first-order valence-electron chi connectivity index (χ1n) is 6.64. The van der Waals surface area contributed by atoms with Crippen LogP contribution < -0.4 is 0 Å². The Labute approximate surface area is 95.3 Å². The van der Waals surface area contributed by atoms with Gasteiger partial charge in [-0.2, -0.15) is 0 Å². The van der Waals surface area contributed by atoms with Gasteiger partial charge < -0.3 is 5.11 Å². The summed E-state index contributed by atoms with van der Waals surface area (Å²) in [5.41, 5.74) is 0. The van der Waals surface area contributed by atoms with Crippen molar-refractivity contribution in [2.75, 3.05) is 0 Å². The lowest BCUT2D eigenvalue weighted by molar-refractivity contribution is 0.139. The molecule has 0 aliphatic heterocycles. The van der Waals surface area contributed by atoms with E-state index in [4.69, 9.17) is 0 Å². The van der Waals surface area contributed by atoms with Gasteiger partial charge in [-0.05, 0) is 36.1 Å². The summed E-state index contributed by atoms with van der Waals surface area (Å²) in [6.07, 6.45) is 6.54. The monoisotopic (exact) mass is 226 g/mol. The molecular formula is C13H26OSi. The van der Waals surface area contributed by atoms with Crippen LogP contribution in [0.3, 0.4) is 0 Å². The zero-order chi connectivity index (χ0) is 11.3. The van der Waals surface area contributed by atoms with E-state index in [1.807, 2.05) is 0 Å². The van der Waals surface area contributed by atoms with Crippen molar-refractivity contribution < 1.29 is 5.11 Å². The zero-order valence-corrected chi connectivity index (χ0v) is 11.7. The minimum absolute atomic E-state index is 0.0164. The van der Waals surface area contributed by atoms with Crippen LogP contribution in [0.5, 0.6) is 0 Å². The summed E-state index contributed by atoms with van der Waals surface area (Å²) in [6, 6.07) is 0. The van der Waals surface area contributed by atoms with E-state index in [-0.39, 0.29) is 6.10 Å². The summed E-state index contributed by atoms with van der Waals surface area (Å²) < 4.78 is 0. The van der Waals surface area contributed by atoms with E-state index >= 15 is 0 Å². The Hall–Kier alpha value is 0.177. The van der Waals surface area contributed by atoms with Crippen LogP contribution in [0.4, 0.5) is 0 Å². The topological polar surface area (TPSA) is 20.2 Å². The Morgan fingerprint density at radius 2 is 1.67 bits per heavy atom. The van der Waals surface area contributed by atoms with Crippen LogP contribution in [0.1, 0.15) is 39.0 Å². The van der Waals surface area contributed by atoms with Gasteiger partial charge in [-0.25, -0.2) is 0 Å². The first-order chi connectivity index (χ1) is 6.96. The maximum absolute atomic E-state index is 10.4. The first kappa shape index (κ1) is 11.7. The van der Waals surface area contributed by atoms with Gasteiger partial charge in [0.15, 0.2) is 0 Å². The molecule has 2 aliphatic rings. The molecule has 0 amide bonds. The van der Waals surface area contributed by atoms with Crippen molar-refractivity contribution in [1.29, 1.82) is 0 Å². The summed E-state index contributed by atoms with van der Waals surface area (Å²) in [4.78, 5) is 0. The molecule has 2 aliphatic carbocycles.